The average molecular weight is 444 g/mol. The Hall–Kier alpha value is -2.87. The highest BCUT2D eigenvalue weighted by molar-refractivity contribution is 7.92. The number of amides is 2. The molecule has 3 rings (SSSR count). The molecule has 2 aromatic carbocycles. The van der Waals surface area contributed by atoms with Crippen molar-refractivity contribution in [2.45, 2.75) is 46.1 Å². The summed E-state index contributed by atoms with van der Waals surface area (Å²) < 4.78 is 26.4. The van der Waals surface area contributed by atoms with Gasteiger partial charge in [-0.1, -0.05) is 13.0 Å². The Bertz CT molecular complexity index is 1080. The molecule has 8 heteroatoms. The van der Waals surface area contributed by atoms with Gasteiger partial charge in [0.05, 0.1) is 11.9 Å². The molecule has 0 radical (unpaired) electrons. The topological polar surface area (TPSA) is 86.8 Å². The monoisotopic (exact) mass is 443 g/mol. The molecule has 0 aliphatic carbocycles. The predicted molar refractivity (Wildman–Crippen MR) is 124 cm³/mol. The van der Waals surface area contributed by atoms with Crippen LogP contribution in [0.2, 0.25) is 0 Å². The Morgan fingerprint density at radius 2 is 1.81 bits per heavy atom. The van der Waals surface area contributed by atoms with Crippen LogP contribution in [0.3, 0.4) is 0 Å². The zero-order valence-electron chi connectivity index (χ0n) is 18.4. The highest BCUT2D eigenvalue weighted by Gasteiger charge is 2.32. The summed E-state index contributed by atoms with van der Waals surface area (Å²) >= 11 is 0. The maximum Gasteiger partial charge on any atom is 0.248 e. The number of nitrogens with zero attached hydrogens (tertiary/aromatic N) is 2. The van der Waals surface area contributed by atoms with E-state index in [1.165, 1.54) is 4.31 Å². The van der Waals surface area contributed by atoms with Crippen LogP contribution in [0.5, 0.6) is 0 Å². The number of carbonyl (C=O) groups is 2. The quantitative estimate of drug-likeness (QED) is 0.708. The molecule has 2 amide bonds. The molecule has 7 nitrogen and oxygen atoms in total. The SMILES string of the molecule is CCC(C(=O)Nc1ccc(N2CCCC2=O)cc1)N(c1ccc(C)c(C)c1)S(C)(=O)=O. The van der Waals surface area contributed by atoms with Gasteiger partial charge in [0.1, 0.15) is 6.04 Å². The van der Waals surface area contributed by atoms with Crippen LogP contribution in [0, 0.1) is 13.8 Å². The van der Waals surface area contributed by atoms with Crippen molar-refractivity contribution in [3.8, 4) is 0 Å². The highest BCUT2D eigenvalue weighted by Crippen LogP contribution is 2.27. The van der Waals surface area contributed by atoms with E-state index >= 15 is 0 Å². The fourth-order valence-corrected chi connectivity index (χ4v) is 5.00. The predicted octanol–water partition coefficient (Wildman–Crippen LogP) is 3.61. The van der Waals surface area contributed by atoms with E-state index in [9.17, 15) is 18.0 Å². The average Bonchev–Trinajstić information content (AvgIpc) is 3.13. The molecule has 1 saturated heterocycles. The Balaban J connectivity index is 1.83. The van der Waals surface area contributed by atoms with E-state index in [0.717, 1.165) is 29.5 Å². The molecule has 31 heavy (non-hydrogen) atoms. The molecule has 1 atom stereocenters. The maximum absolute atomic E-state index is 13.1. The van der Waals surface area contributed by atoms with Crippen LogP contribution in [-0.4, -0.2) is 39.1 Å². The molecule has 0 aromatic heterocycles. The van der Waals surface area contributed by atoms with Crippen LogP contribution in [0.25, 0.3) is 0 Å². The summed E-state index contributed by atoms with van der Waals surface area (Å²) in [6, 6.07) is 11.5. The van der Waals surface area contributed by atoms with Gasteiger partial charge in [-0.2, -0.15) is 0 Å². The number of hydrogen-bond donors (Lipinski definition) is 1. The molecule has 1 heterocycles. The first-order valence-electron chi connectivity index (χ1n) is 10.4. The van der Waals surface area contributed by atoms with Crippen molar-refractivity contribution in [2.75, 3.05) is 27.3 Å². The molecule has 2 aromatic rings. The number of nitrogens with one attached hydrogen (secondary N) is 1. The fraction of sp³-hybridized carbons (Fsp3) is 0.391. The largest absolute Gasteiger partial charge is 0.324 e. The lowest BCUT2D eigenvalue weighted by atomic mass is 10.1. The normalized spacial score (nSPS) is 15.1. The fourth-order valence-electron chi connectivity index (χ4n) is 3.79. The second kappa shape index (κ2) is 9.09. The Labute approximate surface area is 184 Å². The lowest BCUT2D eigenvalue weighted by molar-refractivity contribution is -0.118. The summed E-state index contributed by atoms with van der Waals surface area (Å²) in [6.45, 7) is 6.34. The van der Waals surface area contributed by atoms with E-state index < -0.39 is 22.0 Å². The molecule has 1 unspecified atom stereocenters. The van der Waals surface area contributed by atoms with Gasteiger partial charge in [-0.25, -0.2) is 8.42 Å². The van der Waals surface area contributed by atoms with Crippen molar-refractivity contribution in [1.82, 2.24) is 0 Å². The second-order valence-electron chi connectivity index (χ2n) is 7.94. The Morgan fingerprint density at radius 1 is 1.13 bits per heavy atom. The number of benzene rings is 2. The number of sulfonamides is 1. The van der Waals surface area contributed by atoms with Gasteiger partial charge in [0.15, 0.2) is 0 Å². The lowest BCUT2D eigenvalue weighted by Gasteiger charge is -2.30. The van der Waals surface area contributed by atoms with E-state index in [2.05, 4.69) is 5.32 Å². The van der Waals surface area contributed by atoms with Gasteiger partial charge in [0, 0.05) is 24.3 Å². The van der Waals surface area contributed by atoms with E-state index in [4.69, 9.17) is 0 Å². The van der Waals surface area contributed by atoms with E-state index in [1.807, 2.05) is 19.9 Å². The van der Waals surface area contributed by atoms with Crippen LogP contribution in [0.15, 0.2) is 42.5 Å². The van der Waals surface area contributed by atoms with Crippen LogP contribution < -0.4 is 14.5 Å². The number of hydrogen-bond acceptors (Lipinski definition) is 4. The molecule has 0 bridgehead atoms. The van der Waals surface area contributed by atoms with E-state index in [-0.39, 0.29) is 5.91 Å². The molecule has 1 aliphatic heterocycles. The zero-order valence-corrected chi connectivity index (χ0v) is 19.2. The molecule has 1 fully saturated rings. The van der Waals surface area contributed by atoms with Gasteiger partial charge < -0.3 is 10.2 Å². The molecule has 166 valence electrons. The third-order valence-corrected chi connectivity index (χ3v) is 6.77. The summed E-state index contributed by atoms with van der Waals surface area (Å²) in [5.74, 6) is -0.309. The van der Waals surface area contributed by atoms with E-state index in [0.29, 0.717) is 30.8 Å². The van der Waals surface area contributed by atoms with Gasteiger partial charge in [-0.3, -0.25) is 13.9 Å². The van der Waals surface area contributed by atoms with Gasteiger partial charge in [0.25, 0.3) is 0 Å². The van der Waals surface area contributed by atoms with Gasteiger partial charge >= 0.3 is 0 Å². The molecular formula is C23H29N3O4S. The number of carbonyl (C=O) groups excluding carboxylic acids is 2. The Kier molecular flexibility index (Phi) is 6.69. The third-order valence-electron chi connectivity index (χ3n) is 5.59. The molecule has 0 spiro atoms. The van der Waals surface area contributed by atoms with Crippen LogP contribution in [0.4, 0.5) is 17.1 Å². The summed E-state index contributed by atoms with van der Waals surface area (Å²) in [7, 11) is -3.69. The molecule has 0 saturated carbocycles. The summed E-state index contributed by atoms with van der Waals surface area (Å²) in [6.07, 6.45) is 2.82. The molecule has 1 aliphatic rings. The first-order chi connectivity index (χ1) is 14.6. The van der Waals surface area contributed by atoms with Crippen molar-refractivity contribution >= 4 is 38.9 Å². The van der Waals surface area contributed by atoms with Crippen molar-refractivity contribution in [2.24, 2.45) is 0 Å². The summed E-state index contributed by atoms with van der Waals surface area (Å²) in [4.78, 5) is 26.7. The zero-order chi connectivity index (χ0) is 22.8. The minimum Gasteiger partial charge on any atom is -0.324 e. The van der Waals surface area contributed by atoms with Gasteiger partial charge in [-0.15, -0.1) is 0 Å². The molecular weight excluding hydrogens is 414 g/mol. The van der Waals surface area contributed by atoms with Crippen molar-refractivity contribution in [1.29, 1.82) is 0 Å². The smallest absolute Gasteiger partial charge is 0.248 e. The standard InChI is InChI=1S/C23H29N3O4S/c1-5-21(26(31(4,29)30)20-11-8-16(2)17(3)15-20)23(28)24-18-9-12-19(13-10-18)25-14-6-7-22(25)27/h8-13,15,21H,5-7,14H2,1-4H3,(H,24,28). The van der Waals surface area contributed by atoms with Gasteiger partial charge in [0.2, 0.25) is 21.8 Å². The Morgan fingerprint density at radius 3 is 2.32 bits per heavy atom. The van der Waals surface area contributed by atoms with Crippen LogP contribution in [-0.2, 0) is 19.6 Å². The minimum absolute atomic E-state index is 0.0972. The third kappa shape index (κ3) is 5.07. The number of aryl methyl sites for hydroxylation is 2. The van der Waals surface area contributed by atoms with Gasteiger partial charge in [-0.05, 0) is 74.2 Å². The minimum atomic E-state index is -3.69. The highest BCUT2D eigenvalue weighted by atomic mass is 32.2. The van der Waals surface area contributed by atoms with Crippen LogP contribution in [0.1, 0.15) is 37.3 Å². The maximum atomic E-state index is 13.1. The second-order valence-corrected chi connectivity index (χ2v) is 9.80. The van der Waals surface area contributed by atoms with Crippen molar-refractivity contribution < 1.29 is 18.0 Å². The summed E-state index contributed by atoms with van der Waals surface area (Å²) in [5, 5.41) is 2.82. The van der Waals surface area contributed by atoms with Crippen LogP contribution >= 0.6 is 0 Å². The lowest BCUT2D eigenvalue weighted by Crippen LogP contribution is -2.47. The number of rotatable bonds is 7. The first kappa shape index (κ1) is 22.8. The van der Waals surface area contributed by atoms with Crippen molar-refractivity contribution in [3.05, 3.63) is 53.6 Å². The van der Waals surface area contributed by atoms with E-state index in [1.54, 1.807) is 48.2 Å². The number of anilines is 3. The summed E-state index contributed by atoms with van der Waals surface area (Å²) in [5.41, 5.74) is 3.81. The molecule has 1 N–H and O–H groups in total. The first-order valence-corrected chi connectivity index (χ1v) is 12.2. The van der Waals surface area contributed by atoms with Crippen molar-refractivity contribution in [3.63, 3.8) is 0 Å².